The van der Waals surface area contributed by atoms with Gasteiger partial charge in [-0.05, 0) is 58.7 Å². The maximum absolute atomic E-state index is 12.4. The van der Waals surface area contributed by atoms with Crippen molar-refractivity contribution in [2.24, 2.45) is 11.8 Å². The second-order valence-corrected chi connectivity index (χ2v) is 6.53. The lowest BCUT2D eigenvalue weighted by Crippen LogP contribution is -2.34. The molecule has 0 fully saturated rings. The second-order valence-electron chi connectivity index (χ2n) is 4.82. The molecule has 1 aromatic carbocycles. The molecule has 0 bridgehead atoms. The van der Waals surface area contributed by atoms with Crippen LogP contribution in [0, 0.1) is 22.5 Å². The number of amides is 1. The minimum Gasteiger partial charge on any atom is -0.481 e. The lowest BCUT2D eigenvalue weighted by molar-refractivity contribution is -0.146. The van der Waals surface area contributed by atoms with Crippen molar-refractivity contribution in [1.29, 1.82) is 5.26 Å². The number of allylic oxidation sites excluding steroid dienone is 2. The summed E-state index contributed by atoms with van der Waals surface area (Å²) in [5.41, 5.74) is 0.561. The number of halogens is 1. The van der Waals surface area contributed by atoms with Crippen molar-refractivity contribution in [3.8, 4) is 5.40 Å². The van der Waals surface area contributed by atoms with Crippen molar-refractivity contribution in [2.75, 3.05) is 5.32 Å². The summed E-state index contributed by atoms with van der Waals surface area (Å²) < 4.78 is 0.652. The third-order valence-corrected chi connectivity index (χ3v) is 4.69. The van der Waals surface area contributed by atoms with Gasteiger partial charge >= 0.3 is 5.97 Å². The number of thiocyanates is 1. The summed E-state index contributed by atoms with van der Waals surface area (Å²) in [6.07, 6.45) is 4.42. The number of nitrogens with zero attached hydrogens (tertiary/aromatic N) is 1. The van der Waals surface area contributed by atoms with Crippen LogP contribution in [0.15, 0.2) is 39.7 Å². The number of anilines is 1. The molecule has 1 aliphatic carbocycles. The topological polar surface area (TPSA) is 90.2 Å². The van der Waals surface area contributed by atoms with Gasteiger partial charge in [0.1, 0.15) is 5.40 Å². The Kier molecular flexibility index (Phi) is 5.63. The van der Waals surface area contributed by atoms with E-state index in [1.807, 2.05) is 11.5 Å². The number of carboxylic acid groups (broad SMARTS) is 1. The molecule has 0 spiro atoms. The monoisotopic (exact) mass is 380 g/mol. The third kappa shape index (κ3) is 3.90. The molecule has 0 aromatic heterocycles. The van der Waals surface area contributed by atoms with Crippen LogP contribution in [0.25, 0.3) is 0 Å². The quantitative estimate of drug-likeness (QED) is 0.472. The Hall–Kier alpha value is -1.78. The number of hydrogen-bond donors (Lipinski definition) is 2. The number of rotatable bonds is 4. The molecular weight excluding hydrogens is 368 g/mol. The summed E-state index contributed by atoms with van der Waals surface area (Å²) in [5.74, 6) is -2.54. The van der Waals surface area contributed by atoms with Crippen molar-refractivity contribution in [2.45, 2.75) is 17.7 Å². The smallest absolute Gasteiger partial charge is 0.307 e. The highest BCUT2D eigenvalue weighted by atomic mass is 79.9. The first-order valence-electron chi connectivity index (χ1n) is 6.57. The Morgan fingerprint density at radius 1 is 1.32 bits per heavy atom. The predicted octanol–water partition coefficient (Wildman–Crippen LogP) is 3.63. The molecule has 0 unspecified atom stereocenters. The first-order chi connectivity index (χ1) is 10.5. The summed E-state index contributed by atoms with van der Waals surface area (Å²) in [7, 11) is 0. The van der Waals surface area contributed by atoms with E-state index in [0.29, 0.717) is 23.0 Å². The summed E-state index contributed by atoms with van der Waals surface area (Å²) in [6.45, 7) is 0. The Balaban J connectivity index is 2.13. The van der Waals surface area contributed by atoms with E-state index >= 15 is 0 Å². The van der Waals surface area contributed by atoms with Gasteiger partial charge in [-0.1, -0.05) is 12.2 Å². The highest BCUT2D eigenvalue weighted by Gasteiger charge is 2.34. The van der Waals surface area contributed by atoms with Crippen LogP contribution in [-0.4, -0.2) is 17.0 Å². The standard InChI is InChI=1S/C15H13BrN2O3S/c16-12-7-9(22-8-17)5-6-13(12)18-14(19)10-3-1-2-4-11(10)15(20)21/h1-2,5-7,10-11H,3-4H2,(H,18,19)(H,20,21)/t10-,11-/m0/s1. The molecule has 2 atom stereocenters. The summed E-state index contributed by atoms with van der Waals surface area (Å²) in [5, 5.41) is 22.6. The zero-order valence-electron chi connectivity index (χ0n) is 11.5. The fourth-order valence-electron chi connectivity index (χ4n) is 2.32. The van der Waals surface area contributed by atoms with Gasteiger partial charge in [-0.2, -0.15) is 5.26 Å². The van der Waals surface area contributed by atoms with Gasteiger partial charge < -0.3 is 10.4 Å². The van der Waals surface area contributed by atoms with E-state index in [9.17, 15) is 14.7 Å². The molecule has 22 heavy (non-hydrogen) atoms. The van der Waals surface area contributed by atoms with Gasteiger partial charge in [0.2, 0.25) is 5.91 Å². The number of carboxylic acids is 1. The molecule has 7 heteroatoms. The predicted molar refractivity (Wildman–Crippen MR) is 87.2 cm³/mol. The summed E-state index contributed by atoms with van der Waals surface area (Å²) in [6, 6.07) is 5.15. The fraction of sp³-hybridized carbons (Fsp3) is 0.267. The van der Waals surface area contributed by atoms with E-state index in [0.717, 1.165) is 16.7 Å². The van der Waals surface area contributed by atoms with Crippen LogP contribution in [0.4, 0.5) is 5.69 Å². The zero-order valence-corrected chi connectivity index (χ0v) is 13.9. The lowest BCUT2D eigenvalue weighted by atomic mass is 9.82. The molecule has 0 heterocycles. The van der Waals surface area contributed by atoms with Crippen LogP contribution in [-0.2, 0) is 9.59 Å². The van der Waals surface area contributed by atoms with Crippen LogP contribution < -0.4 is 5.32 Å². The molecule has 2 rings (SSSR count). The molecule has 0 saturated carbocycles. The van der Waals surface area contributed by atoms with Gasteiger partial charge in [-0.25, -0.2) is 0 Å². The van der Waals surface area contributed by atoms with E-state index in [1.54, 1.807) is 24.3 Å². The Labute approximate surface area is 140 Å². The minimum absolute atomic E-state index is 0.307. The van der Waals surface area contributed by atoms with Gasteiger partial charge in [-0.15, -0.1) is 0 Å². The number of carbonyl (C=O) groups is 2. The number of aliphatic carboxylic acids is 1. The van der Waals surface area contributed by atoms with Crippen molar-refractivity contribution in [1.82, 2.24) is 0 Å². The van der Waals surface area contributed by atoms with Gasteiger partial charge in [-0.3, -0.25) is 9.59 Å². The number of thioether (sulfide) groups is 1. The molecule has 1 amide bonds. The van der Waals surface area contributed by atoms with Gasteiger partial charge in [0.15, 0.2) is 0 Å². The normalized spacial score (nSPS) is 20.2. The number of hydrogen-bond acceptors (Lipinski definition) is 4. The molecule has 0 saturated heterocycles. The van der Waals surface area contributed by atoms with Gasteiger partial charge in [0.05, 0.1) is 17.5 Å². The summed E-state index contributed by atoms with van der Waals surface area (Å²) in [4.78, 5) is 24.4. The third-order valence-electron chi connectivity index (χ3n) is 3.45. The Morgan fingerprint density at radius 2 is 2.00 bits per heavy atom. The molecule has 114 valence electrons. The molecular formula is C15H13BrN2O3S. The average Bonchev–Trinajstić information content (AvgIpc) is 2.50. The van der Waals surface area contributed by atoms with E-state index < -0.39 is 17.8 Å². The zero-order chi connectivity index (χ0) is 16.1. The largest absolute Gasteiger partial charge is 0.481 e. The highest BCUT2D eigenvalue weighted by molar-refractivity contribution is 9.10. The lowest BCUT2D eigenvalue weighted by Gasteiger charge is -2.24. The maximum atomic E-state index is 12.4. The van der Waals surface area contributed by atoms with E-state index in [-0.39, 0.29) is 5.91 Å². The SMILES string of the molecule is N#CSc1ccc(NC(=O)[C@H]2CC=CC[C@@H]2C(=O)O)c(Br)c1. The number of nitrogens with one attached hydrogen (secondary N) is 1. The summed E-state index contributed by atoms with van der Waals surface area (Å²) >= 11 is 4.37. The molecule has 1 aromatic rings. The van der Waals surface area contributed by atoms with Crippen molar-refractivity contribution in [3.63, 3.8) is 0 Å². The molecule has 5 nitrogen and oxygen atoms in total. The highest BCUT2D eigenvalue weighted by Crippen LogP contribution is 2.31. The van der Waals surface area contributed by atoms with Crippen LogP contribution >= 0.6 is 27.7 Å². The van der Waals surface area contributed by atoms with Crippen molar-refractivity contribution in [3.05, 3.63) is 34.8 Å². The fourth-order valence-corrected chi connectivity index (χ4v) is 3.36. The molecule has 0 aliphatic heterocycles. The van der Waals surface area contributed by atoms with Crippen molar-refractivity contribution >= 4 is 45.3 Å². The van der Waals surface area contributed by atoms with Crippen LogP contribution in [0.5, 0.6) is 0 Å². The first kappa shape index (κ1) is 16.6. The number of benzene rings is 1. The number of carbonyl (C=O) groups excluding carboxylic acids is 1. The number of nitriles is 1. The molecule has 1 aliphatic rings. The van der Waals surface area contributed by atoms with Crippen LogP contribution in [0.2, 0.25) is 0 Å². The molecule has 0 radical (unpaired) electrons. The van der Waals surface area contributed by atoms with Gasteiger partial charge in [0.25, 0.3) is 0 Å². The first-order valence-corrected chi connectivity index (χ1v) is 8.18. The van der Waals surface area contributed by atoms with E-state index in [2.05, 4.69) is 21.2 Å². The second kappa shape index (κ2) is 7.47. The van der Waals surface area contributed by atoms with Gasteiger partial charge in [0, 0.05) is 9.37 Å². The average molecular weight is 381 g/mol. The van der Waals surface area contributed by atoms with Crippen molar-refractivity contribution < 1.29 is 14.7 Å². The van der Waals surface area contributed by atoms with E-state index in [4.69, 9.17) is 5.26 Å². The Morgan fingerprint density at radius 3 is 2.59 bits per heavy atom. The van der Waals surface area contributed by atoms with Crippen LogP contribution in [0.1, 0.15) is 12.8 Å². The van der Waals surface area contributed by atoms with Crippen LogP contribution in [0.3, 0.4) is 0 Å². The maximum Gasteiger partial charge on any atom is 0.307 e. The Bertz CT molecular complexity index is 669. The van der Waals surface area contributed by atoms with E-state index in [1.165, 1.54) is 0 Å². The minimum atomic E-state index is -0.954. The molecule has 2 N–H and O–H groups in total.